The second-order valence-electron chi connectivity index (χ2n) is 4.36. The molecule has 0 saturated heterocycles. The first-order chi connectivity index (χ1) is 8.65. The predicted octanol–water partition coefficient (Wildman–Crippen LogP) is 4.08. The lowest BCUT2D eigenvalue weighted by Crippen LogP contribution is -2.06. The van der Waals surface area contributed by atoms with Crippen molar-refractivity contribution in [1.82, 2.24) is 4.98 Å². The van der Waals surface area contributed by atoms with E-state index in [0.717, 1.165) is 40.4 Å². The molecule has 0 saturated carbocycles. The predicted molar refractivity (Wildman–Crippen MR) is 73.1 cm³/mol. The van der Waals surface area contributed by atoms with Gasteiger partial charge in [-0.1, -0.05) is 0 Å². The highest BCUT2D eigenvalue weighted by Crippen LogP contribution is 2.39. The third kappa shape index (κ3) is 2.11. The second kappa shape index (κ2) is 4.72. The summed E-state index contributed by atoms with van der Waals surface area (Å²) in [5.74, 6) is -0.271. The van der Waals surface area contributed by atoms with E-state index in [1.165, 1.54) is 23.5 Å². The van der Waals surface area contributed by atoms with Crippen molar-refractivity contribution in [1.29, 1.82) is 0 Å². The molecule has 1 aliphatic carbocycles. The van der Waals surface area contributed by atoms with Gasteiger partial charge in [0.25, 0.3) is 0 Å². The molecule has 1 aromatic carbocycles. The van der Waals surface area contributed by atoms with Crippen molar-refractivity contribution >= 4 is 27.3 Å². The number of hydrogen-bond donors (Lipinski definition) is 1. The molecule has 1 heterocycles. The first-order valence-electron chi connectivity index (χ1n) is 5.78. The number of nitrogens with zero attached hydrogens (tertiary/aromatic N) is 1. The maximum Gasteiger partial charge on any atom is 0.125 e. The zero-order valence-electron chi connectivity index (χ0n) is 9.49. The normalized spacial score (nSPS) is 18.7. The number of hydrogen-bond acceptors (Lipinski definition) is 3. The molecule has 0 spiro atoms. The van der Waals surface area contributed by atoms with Crippen LogP contribution in [0.3, 0.4) is 0 Å². The molecule has 5 heteroatoms. The van der Waals surface area contributed by atoms with Crippen molar-refractivity contribution in [3.63, 3.8) is 0 Å². The Labute approximate surface area is 117 Å². The van der Waals surface area contributed by atoms with Crippen LogP contribution in [0.1, 0.15) is 29.5 Å². The van der Waals surface area contributed by atoms with Crippen molar-refractivity contribution < 1.29 is 9.50 Å². The fraction of sp³-hybridized carbons (Fsp3) is 0.308. The van der Waals surface area contributed by atoms with Crippen LogP contribution in [0.15, 0.2) is 22.7 Å². The van der Waals surface area contributed by atoms with Crippen molar-refractivity contribution in [2.75, 3.05) is 0 Å². The molecule has 0 aliphatic heterocycles. The smallest absolute Gasteiger partial charge is 0.125 e. The molecule has 1 atom stereocenters. The summed E-state index contributed by atoms with van der Waals surface area (Å²) in [6, 6.07) is 4.58. The molecule has 1 aliphatic rings. The summed E-state index contributed by atoms with van der Waals surface area (Å²) < 4.78 is 13.8. The van der Waals surface area contributed by atoms with Crippen molar-refractivity contribution in [2.24, 2.45) is 0 Å². The van der Waals surface area contributed by atoms with E-state index in [-0.39, 0.29) is 11.9 Å². The Morgan fingerprint density at radius 3 is 3.00 bits per heavy atom. The molecule has 0 fully saturated rings. The van der Waals surface area contributed by atoms with E-state index in [1.807, 2.05) is 0 Å². The van der Waals surface area contributed by atoms with Crippen LogP contribution in [0.2, 0.25) is 0 Å². The third-order valence-electron chi connectivity index (χ3n) is 3.08. The molecule has 0 amide bonds. The van der Waals surface area contributed by atoms with Crippen LogP contribution >= 0.6 is 27.3 Å². The minimum absolute atomic E-state index is 0.271. The van der Waals surface area contributed by atoms with Gasteiger partial charge in [0, 0.05) is 10.0 Å². The number of aryl methyl sites for hydroxylation is 1. The zero-order chi connectivity index (χ0) is 12.7. The number of halogens is 2. The maximum atomic E-state index is 13.1. The Kier molecular flexibility index (Phi) is 3.21. The van der Waals surface area contributed by atoms with Crippen LogP contribution in [0, 0.1) is 5.82 Å². The Morgan fingerprint density at radius 1 is 1.44 bits per heavy atom. The average molecular weight is 328 g/mol. The van der Waals surface area contributed by atoms with Gasteiger partial charge >= 0.3 is 0 Å². The number of rotatable bonds is 1. The van der Waals surface area contributed by atoms with Gasteiger partial charge in [-0.15, -0.1) is 11.3 Å². The summed E-state index contributed by atoms with van der Waals surface area (Å²) in [6.07, 6.45) is 2.31. The average Bonchev–Trinajstić information content (AvgIpc) is 2.74. The highest BCUT2D eigenvalue weighted by molar-refractivity contribution is 9.10. The molecular weight excluding hydrogens is 317 g/mol. The highest BCUT2D eigenvalue weighted by atomic mass is 79.9. The summed E-state index contributed by atoms with van der Waals surface area (Å²) in [7, 11) is 0. The van der Waals surface area contributed by atoms with E-state index in [9.17, 15) is 9.50 Å². The molecule has 2 nitrogen and oxygen atoms in total. The standard InChI is InChI=1S/C13H11BrFNOS/c14-9-6-7(15)4-5-8(9)13-16-10-2-1-3-11(17)12(10)18-13/h4-6,11,17H,1-3H2. The van der Waals surface area contributed by atoms with Gasteiger partial charge < -0.3 is 5.11 Å². The monoisotopic (exact) mass is 327 g/mol. The summed E-state index contributed by atoms with van der Waals surface area (Å²) >= 11 is 4.86. The van der Waals surface area contributed by atoms with Gasteiger partial charge in [-0.05, 0) is 53.4 Å². The summed E-state index contributed by atoms with van der Waals surface area (Å²) in [4.78, 5) is 5.53. The number of aliphatic hydroxyl groups is 1. The Morgan fingerprint density at radius 2 is 2.28 bits per heavy atom. The number of aliphatic hydroxyl groups excluding tert-OH is 1. The van der Waals surface area contributed by atoms with Gasteiger partial charge in [-0.25, -0.2) is 9.37 Å². The van der Waals surface area contributed by atoms with E-state index in [0.29, 0.717) is 4.47 Å². The van der Waals surface area contributed by atoms with Crippen LogP contribution in [-0.4, -0.2) is 10.1 Å². The van der Waals surface area contributed by atoms with Gasteiger partial charge in [-0.3, -0.25) is 0 Å². The second-order valence-corrected chi connectivity index (χ2v) is 6.25. The quantitative estimate of drug-likeness (QED) is 0.856. The molecule has 2 aromatic rings. The van der Waals surface area contributed by atoms with Crippen LogP contribution in [-0.2, 0) is 6.42 Å². The first-order valence-corrected chi connectivity index (χ1v) is 7.39. The largest absolute Gasteiger partial charge is 0.388 e. The fourth-order valence-corrected chi connectivity index (χ4v) is 4.02. The van der Waals surface area contributed by atoms with Gasteiger partial charge in [0.05, 0.1) is 16.7 Å². The minimum Gasteiger partial charge on any atom is -0.388 e. The molecule has 18 heavy (non-hydrogen) atoms. The van der Waals surface area contributed by atoms with Gasteiger partial charge in [-0.2, -0.15) is 0 Å². The van der Waals surface area contributed by atoms with Crippen LogP contribution in [0.25, 0.3) is 10.6 Å². The van der Waals surface area contributed by atoms with E-state index in [2.05, 4.69) is 20.9 Å². The van der Waals surface area contributed by atoms with Crippen molar-refractivity contribution in [3.05, 3.63) is 39.1 Å². The summed E-state index contributed by atoms with van der Waals surface area (Å²) in [5, 5.41) is 10.8. The molecule has 1 unspecified atom stereocenters. The zero-order valence-corrected chi connectivity index (χ0v) is 11.9. The molecular formula is C13H11BrFNOS. The van der Waals surface area contributed by atoms with Crippen LogP contribution in [0.5, 0.6) is 0 Å². The molecule has 1 N–H and O–H groups in total. The Hall–Kier alpha value is -0.780. The van der Waals surface area contributed by atoms with E-state index >= 15 is 0 Å². The first kappa shape index (κ1) is 12.3. The molecule has 0 radical (unpaired) electrons. The fourth-order valence-electron chi connectivity index (χ4n) is 2.18. The number of benzene rings is 1. The van der Waals surface area contributed by atoms with Gasteiger partial charge in [0.15, 0.2) is 0 Å². The van der Waals surface area contributed by atoms with Gasteiger partial charge in [0.2, 0.25) is 0 Å². The molecule has 1 aromatic heterocycles. The number of thiazole rings is 1. The highest BCUT2D eigenvalue weighted by Gasteiger charge is 2.23. The van der Waals surface area contributed by atoms with Crippen molar-refractivity contribution in [3.8, 4) is 10.6 Å². The lowest BCUT2D eigenvalue weighted by atomic mass is 10.0. The van der Waals surface area contributed by atoms with E-state index < -0.39 is 0 Å². The summed E-state index contributed by atoms with van der Waals surface area (Å²) in [6.45, 7) is 0. The summed E-state index contributed by atoms with van der Waals surface area (Å²) in [5.41, 5.74) is 1.87. The molecule has 94 valence electrons. The van der Waals surface area contributed by atoms with Crippen LogP contribution in [0.4, 0.5) is 4.39 Å². The minimum atomic E-state index is -0.390. The molecule has 3 rings (SSSR count). The number of fused-ring (bicyclic) bond motifs is 1. The van der Waals surface area contributed by atoms with E-state index in [4.69, 9.17) is 0 Å². The molecule has 0 bridgehead atoms. The van der Waals surface area contributed by atoms with Crippen LogP contribution < -0.4 is 0 Å². The lowest BCUT2D eigenvalue weighted by molar-refractivity contribution is 0.160. The topological polar surface area (TPSA) is 33.1 Å². The third-order valence-corrected chi connectivity index (χ3v) is 4.97. The van der Waals surface area contributed by atoms with Crippen molar-refractivity contribution in [2.45, 2.75) is 25.4 Å². The maximum absolute atomic E-state index is 13.1. The Balaban J connectivity index is 2.07. The van der Waals surface area contributed by atoms with E-state index in [1.54, 1.807) is 6.07 Å². The van der Waals surface area contributed by atoms with Gasteiger partial charge in [0.1, 0.15) is 10.8 Å². The lowest BCUT2D eigenvalue weighted by Gasteiger charge is -2.14. The SMILES string of the molecule is OC1CCCc2nc(-c3ccc(F)cc3Br)sc21. The number of aromatic nitrogens is 1. The Bertz CT molecular complexity index is 599.